The first-order valence-electron chi connectivity index (χ1n) is 2.49. The molecule has 0 bridgehead atoms. The van der Waals surface area contributed by atoms with Crippen molar-refractivity contribution in [2.45, 2.75) is 0 Å². The van der Waals surface area contributed by atoms with Gasteiger partial charge in [-0.2, -0.15) is 0 Å². The molecule has 1 radical (unpaired) electrons. The molecule has 1 unspecified atom stereocenters. The molecular formula is C5H7NO3PY-. The summed E-state index contributed by atoms with van der Waals surface area (Å²) in [5, 5.41) is 10.5. The molecule has 0 aliphatic carbocycles. The second kappa shape index (κ2) is 8.47. The summed E-state index contributed by atoms with van der Waals surface area (Å²) in [4.78, 5) is 20.0. The molecule has 0 spiro atoms. The van der Waals surface area contributed by atoms with Crippen molar-refractivity contribution >= 4 is 21.1 Å². The van der Waals surface area contributed by atoms with E-state index in [-0.39, 0.29) is 39.1 Å². The Morgan fingerprint density at radius 3 is 1.73 bits per heavy atom. The Bertz CT molecular complexity index is 155. The Morgan fingerprint density at radius 2 is 1.64 bits per heavy atom. The van der Waals surface area contributed by atoms with Gasteiger partial charge in [-0.1, -0.05) is 0 Å². The maximum atomic E-state index is 9.98. The van der Waals surface area contributed by atoms with Gasteiger partial charge in [0.05, 0.1) is 18.2 Å². The number of aliphatic hydroxyl groups is 1. The SMILES string of the molecule is O=C1C=CC(=O)[N-]1.OCP.[Y]. The van der Waals surface area contributed by atoms with E-state index in [1.807, 2.05) is 0 Å². The molecular weight excluding hydrogens is 242 g/mol. The van der Waals surface area contributed by atoms with Gasteiger partial charge in [-0.25, -0.2) is 0 Å². The van der Waals surface area contributed by atoms with Crippen molar-refractivity contribution < 1.29 is 47.4 Å². The Balaban J connectivity index is 0. The van der Waals surface area contributed by atoms with Crippen LogP contribution < -0.4 is 0 Å². The molecule has 1 heterocycles. The Labute approximate surface area is 91.9 Å². The largest absolute Gasteiger partial charge is 0.589 e. The zero-order chi connectivity index (χ0) is 7.98. The van der Waals surface area contributed by atoms with E-state index in [4.69, 9.17) is 5.11 Å². The second-order valence-corrected chi connectivity index (χ2v) is 1.67. The number of nitrogens with zero attached hydrogens (tertiary/aromatic N) is 1. The number of hydrogen-bond donors (Lipinski definition) is 1. The topological polar surface area (TPSA) is 68.5 Å². The first-order valence-corrected chi connectivity index (χ1v) is 3.31. The molecule has 1 N–H and O–H groups in total. The van der Waals surface area contributed by atoms with Crippen LogP contribution in [0.4, 0.5) is 0 Å². The van der Waals surface area contributed by atoms with Gasteiger partial charge >= 0.3 is 0 Å². The van der Waals surface area contributed by atoms with E-state index in [0.29, 0.717) is 0 Å². The normalized spacial score (nSPS) is 12.9. The third-order valence-corrected chi connectivity index (χ3v) is 0.589. The molecule has 1 rings (SSSR count). The predicted octanol–water partition coefficient (Wildman–Crippen LogP) is -0.208. The maximum absolute atomic E-state index is 9.98. The van der Waals surface area contributed by atoms with Crippen LogP contribution in [0.15, 0.2) is 12.2 Å². The molecule has 1 aliphatic rings. The number of aliphatic hydroxyl groups excluding tert-OH is 1. The molecule has 0 aromatic carbocycles. The summed E-state index contributed by atoms with van der Waals surface area (Å²) in [6, 6.07) is 0. The average Bonchev–Trinajstić information content (AvgIpc) is 2.17. The van der Waals surface area contributed by atoms with Gasteiger partial charge in [0.15, 0.2) is 0 Å². The van der Waals surface area contributed by atoms with E-state index < -0.39 is 11.8 Å². The van der Waals surface area contributed by atoms with Gasteiger partial charge in [-0.3, -0.25) is 0 Å². The molecule has 1 aliphatic heterocycles. The van der Waals surface area contributed by atoms with Crippen molar-refractivity contribution in [3.05, 3.63) is 17.5 Å². The molecule has 6 heteroatoms. The van der Waals surface area contributed by atoms with Gasteiger partial charge in [-0.05, 0) is 12.2 Å². The van der Waals surface area contributed by atoms with E-state index in [2.05, 4.69) is 14.6 Å². The van der Waals surface area contributed by atoms with Crippen molar-refractivity contribution in [2.75, 3.05) is 6.35 Å². The van der Waals surface area contributed by atoms with Gasteiger partial charge in [0, 0.05) is 32.7 Å². The van der Waals surface area contributed by atoms with Crippen LogP contribution in [0.1, 0.15) is 0 Å². The summed E-state index contributed by atoms with van der Waals surface area (Å²) in [7, 11) is 2.13. The number of carbonyl (C=O) groups excluding carboxylic acids is 2. The predicted molar refractivity (Wildman–Crippen MR) is 39.3 cm³/mol. The summed E-state index contributed by atoms with van der Waals surface area (Å²) >= 11 is 0. The van der Waals surface area contributed by atoms with Crippen LogP contribution in [0.3, 0.4) is 0 Å². The van der Waals surface area contributed by atoms with E-state index in [1.165, 1.54) is 0 Å². The van der Waals surface area contributed by atoms with Crippen LogP contribution in [0, 0.1) is 0 Å². The van der Waals surface area contributed by atoms with Crippen molar-refractivity contribution in [3.8, 4) is 0 Å². The molecule has 0 aromatic rings. The molecule has 0 saturated carbocycles. The third kappa shape index (κ3) is 8.28. The van der Waals surface area contributed by atoms with Gasteiger partial charge in [0.1, 0.15) is 0 Å². The van der Waals surface area contributed by atoms with E-state index >= 15 is 0 Å². The monoisotopic (exact) mass is 249 g/mol. The van der Waals surface area contributed by atoms with Crippen LogP contribution >= 0.6 is 9.24 Å². The Kier molecular flexibility index (Phi) is 10.7. The number of rotatable bonds is 0. The van der Waals surface area contributed by atoms with Crippen LogP contribution in [-0.2, 0) is 42.3 Å². The number of imide groups is 1. The van der Waals surface area contributed by atoms with Gasteiger partial charge in [-0.15, -0.1) is 9.24 Å². The summed E-state index contributed by atoms with van der Waals surface area (Å²) in [6.45, 7) is 0. The quantitative estimate of drug-likeness (QED) is 0.477. The molecule has 4 nitrogen and oxygen atoms in total. The number of hydrogen-bond acceptors (Lipinski definition) is 3. The van der Waals surface area contributed by atoms with Crippen molar-refractivity contribution in [1.29, 1.82) is 0 Å². The Morgan fingerprint density at radius 1 is 1.36 bits per heavy atom. The fraction of sp³-hybridized carbons (Fsp3) is 0.200. The number of carbonyl (C=O) groups is 2. The van der Waals surface area contributed by atoms with Gasteiger partial charge in [0.2, 0.25) is 0 Å². The molecule has 0 aromatic heterocycles. The van der Waals surface area contributed by atoms with Gasteiger partial charge < -0.3 is 20.0 Å². The van der Waals surface area contributed by atoms with Crippen LogP contribution in [-0.4, -0.2) is 23.3 Å². The minimum atomic E-state index is -0.454. The summed E-state index contributed by atoms with van der Waals surface area (Å²) < 4.78 is 0. The smallest absolute Gasteiger partial charge is 0.0803 e. The zero-order valence-corrected chi connectivity index (χ0v) is 9.72. The first-order chi connectivity index (χ1) is 4.70. The van der Waals surface area contributed by atoms with Crippen molar-refractivity contribution in [3.63, 3.8) is 0 Å². The van der Waals surface area contributed by atoms with E-state index in [1.54, 1.807) is 0 Å². The van der Waals surface area contributed by atoms with Crippen LogP contribution in [0.25, 0.3) is 5.32 Å². The Hall–Kier alpha value is 0.374. The standard InChI is InChI=1S/C4H3NO2.CH5OP.Y/c6-3-1-2-4(7)5-3;2-1-3;/h1-2H,(H,5,6,7);2H,1,3H2;/p-1. The summed E-state index contributed by atoms with van der Waals surface area (Å²) in [5.74, 6) is -0.907. The molecule has 0 fully saturated rings. The van der Waals surface area contributed by atoms with Gasteiger partial charge in [0.25, 0.3) is 0 Å². The van der Waals surface area contributed by atoms with Crippen LogP contribution in [0.5, 0.6) is 0 Å². The second-order valence-electron chi connectivity index (χ2n) is 1.30. The summed E-state index contributed by atoms with van der Waals surface area (Å²) in [5.41, 5.74) is 0. The third-order valence-electron chi connectivity index (χ3n) is 0.589. The maximum Gasteiger partial charge on any atom is 0.0803 e. The molecule has 1 atom stereocenters. The zero-order valence-electron chi connectivity index (χ0n) is 5.73. The molecule has 2 amide bonds. The fourth-order valence-electron chi connectivity index (χ4n) is 0.326. The molecule has 59 valence electrons. The molecule has 11 heavy (non-hydrogen) atoms. The minimum Gasteiger partial charge on any atom is -0.589 e. The fourth-order valence-corrected chi connectivity index (χ4v) is 0.326. The minimum absolute atomic E-state index is 0. The van der Waals surface area contributed by atoms with Crippen molar-refractivity contribution in [1.82, 2.24) is 0 Å². The summed E-state index contributed by atoms with van der Waals surface area (Å²) in [6.07, 6.45) is 2.45. The number of amides is 2. The van der Waals surface area contributed by atoms with Crippen LogP contribution in [0.2, 0.25) is 0 Å². The van der Waals surface area contributed by atoms with Crippen molar-refractivity contribution in [2.24, 2.45) is 0 Å². The average molecular weight is 249 g/mol. The van der Waals surface area contributed by atoms with E-state index in [9.17, 15) is 9.59 Å². The first kappa shape index (κ1) is 13.9. The molecule has 0 saturated heterocycles. The van der Waals surface area contributed by atoms with E-state index in [0.717, 1.165) is 12.2 Å².